The van der Waals surface area contributed by atoms with Gasteiger partial charge in [0.25, 0.3) is 0 Å². The molecular weight excluding hydrogens is 246 g/mol. The Morgan fingerprint density at radius 3 is 2.95 bits per heavy atom. The summed E-state index contributed by atoms with van der Waals surface area (Å²) in [6, 6.07) is 7.63. The van der Waals surface area contributed by atoms with Gasteiger partial charge in [0, 0.05) is 12.1 Å². The first-order valence-electron chi connectivity index (χ1n) is 6.16. The lowest BCUT2D eigenvalue weighted by Gasteiger charge is -2.19. The summed E-state index contributed by atoms with van der Waals surface area (Å²) in [5.74, 6) is 0.339. The van der Waals surface area contributed by atoms with Crippen LogP contribution in [0.15, 0.2) is 24.3 Å². The molecule has 6 heteroatoms. The second-order valence-corrected chi connectivity index (χ2v) is 4.25. The van der Waals surface area contributed by atoms with Gasteiger partial charge in [-0.15, -0.1) is 0 Å². The predicted octanol–water partition coefficient (Wildman–Crippen LogP) is -0.518. The van der Waals surface area contributed by atoms with Gasteiger partial charge in [-0.05, 0) is 6.07 Å². The molecule has 19 heavy (non-hydrogen) atoms. The molecule has 0 atom stereocenters. The van der Waals surface area contributed by atoms with E-state index in [1.165, 1.54) is 0 Å². The van der Waals surface area contributed by atoms with Crippen molar-refractivity contribution in [2.24, 2.45) is 5.73 Å². The highest BCUT2D eigenvalue weighted by Crippen LogP contribution is 2.22. The van der Waals surface area contributed by atoms with Crippen molar-refractivity contribution in [3.05, 3.63) is 29.8 Å². The number of carbonyl (C=O) groups excluding carboxylic acids is 2. The minimum atomic E-state index is -0.333. The molecule has 0 radical (unpaired) electrons. The number of nitrogens with two attached hydrogens (primary N) is 1. The van der Waals surface area contributed by atoms with E-state index in [1.54, 1.807) is 4.90 Å². The summed E-state index contributed by atoms with van der Waals surface area (Å²) in [5.41, 5.74) is 6.14. The van der Waals surface area contributed by atoms with Gasteiger partial charge in [0.2, 0.25) is 11.8 Å². The molecule has 0 aromatic heterocycles. The molecule has 1 heterocycles. The Labute approximate surface area is 111 Å². The lowest BCUT2D eigenvalue weighted by atomic mass is 10.2. The molecule has 0 fully saturated rings. The molecule has 1 aliphatic rings. The van der Waals surface area contributed by atoms with Crippen LogP contribution < -0.4 is 15.8 Å². The number of nitrogens with zero attached hydrogens (tertiary/aromatic N) is 1. The van der Waals surface area contributed by atoms with Gasteiger partial charge in [-0.1, -0.05) is 18.2 Å². The molecule has 2 amide bonds. The Morgan fingerprint density at radius 2 is 2.16 bits per heavy atom. The van der Waals surface area contributed by atoms with Crippen LogP contribution in [0.1, 0.15) is 5.56 Å². The fourth-order valence-corrected chi connectivity index (χ4v) is 1.90. The quantitative estimate of drug-likeness (QED) is 0.768. The number of benzene rings is 1. The summed E-state index contributed by atoms with van der Waals surface area (Å²) < 4.78 is 5.57. The maximum Gasteiger partial charge on any atom is 0.242 e. The number of nitrogens with one attached hydrogen (secondary N) is 1. The van der Waals surface area contributed by atoms with Crippen molar-refractivity contribution in [2.75, 3.05) is 26.2 Å². The van der Waals surface area contributed by atoms with E-state index >= 15 is 0 Å². The molecule has 1 aliphatic heterocycles. The van der Waals surface area contributed by atoms with E-state index in [0.717, 1.165) is 11.3 Å². The lowest BCUT2D eigenvalue weighted by Crippen LogP contribution is -2.42. The van der Waals surface area contributed by atoms with E-state index < -0.39 is 0 Å². The molecule has 0 saturated heterocycles. The first kappa shape index (κ1) is 13.4. The average molecular weight is 263 g/mol. The Hall–Kier alpha value is -2.08. The molecule has 0 bridgehead atoms. The molecule has 1 aromatic rings. The third-order valence-corrected chi connectivity index (χ3v) is 2.93. The summed E-state index contributed by atoms with van der Waals surface area (Å²) in [6.07, 6.45) is 0. The van der Waals surface area contributed by atoms with Gasteiger partial charge in [-0.2, -0.15) is 0 Å². The Bertz CT molecular complexity index is 476. The molecule has 102 valence electrons. The van der Waals surface area contributed by atoms with Gasteiger partial charge in [0.05, 0.1) is 19.6 Å². The standard InChI is InChI=1S/C13H17N3O3/c14-7-12(17)15-8-13(18)16-5-6-19-11-4-2-1-3-10(11)9-16/h1-4H,5-9,14H2,(H,15,17). The fraction of sp³-hybridized carbons (Fsp3) is 0.385. The Kier molecular flexibility index (Phi) is 4.35. The van der Waals surface area contributed by atoms with Crippen molar-refractivity contribution in [3.63, 3.8) is 0 Å². The molecule has 0 aliphatic carbocycles. The summed E-state index contributed by atoms with van der Waals surface area (Å²) in [5, 5.41) is 2.48. The van der Waals surface area contributed by atoms with Crippen LogP contribution >= 0.6 is 0 Å². The summed E-state index contributed by atoms with van der Waals surface area (Å²) in [6.45, 7) is 1.31. The SMILES string of the molecule is NCC(=O)NCC(=O)N1CCOc2ccccc2C1. The maximum atomic E-state index is 12.0. The first-order chi connectivity index (χ1) is 9.20. The van der Waals surface area contributed by atoms with Gasteiger partial charge in [-0.3, -0.25) is 9.59 Å². The largest absolute Gasteiger partial charge is 0.491 e. The maximum absolute atomic E-state index is 12.0. The van der Waals surface area contributed by atoms with E-state index in [0.29, 0.717) is 19.7 Å². The van der Waals surface area contributed by atoms with Crippen LogP contribution in [0.2, 0.25) is 0 Å². The minimum Gasteiger partial charge on any atom is -0.491 e. The van der Waals surface area contributed by atoms with E-state index in [-0.39, 0.29) is 24.9 Å². The zero-order chi connectivity index (χ0) is 13.7. The van der Waals surface area contributed by atoms with Crippen molar-refractivity contribution >= 4 is 11.8 Å². The van der Waals surface area contributed by atoms with Gasteiger partial charge in [-0.25, -0.2) is 0 Å². The number of ether oxygens (including phenoxy) is 1. The highest BCUT2D eigenvalue weighted by molar-refractivity contribution is 5.85. The van der Waals surface area contributed by atoms with Crippen LogP contribution in [0.5, 0.6) is 5.75 Å². The third-order valence-electron chi connectivity index (χ3n) is 2.93. The van der Waals surface area contributed by atoms with E-state index in [1.807, 2.05) is 24.3 Å². The molecule has 2 rings (SSSR count). The highest BCUT2D eigenvalue weighted by atomic mass is 16.5. The molecule has 0 unspecified atom stereocenters. The number of amides is 2. The van der Waals surface area contributed by atoms with Gasteiger partial charge < -0.3 is 20.7 Å². The number of hydrogen-bond donors (Lipinski definition) is 2. The van der Waals surface area contributed by atoms with Crippen molar-refractivity contribution in [2.45, 2.75) is 6.54 Å². The minimum absolute atomic E-state index is 0.0296. The molecule has 0 spiro atoms. The molecule has 6 nitrogen and oxygen atoms in total. The highest BCUT2D eigenvalue weighted by Gasteiger charge is 2.19. The molecule has 1 aromatic carbocycles. The van der Waals surface area contributed by atoms with Gasteiger partial charge >= 0.3 is 0 Å². The van der Waals surface area contributed by atoms with Crippen LogP contribution in [0.25, 0.3) is 0 Å². The number of para-hydroxylation sites is 1. The summed E-state index contributed by atoms with van der Waals surface area (Å²) >= 11 is 0. The Morgan fingerprint density at radius 1 is 1.37 bits per heavy atom. The summed E-state index contributed by atoms with van der Waals surface area (Å²) in [7, 11) is 0. The monoisotopic (exact) mass is 263 g/mol. The van der Waals surface area contributed by atoms with Crippen LogP contribution in [0, 0.1) is 0 Å². The number of fused-ring (bicyclic) bond motifs is 1. The normalized spacial score (nSPS) is 14.1. The average Bonchev–Trinajstić information content (AvgIpc) is 2.66. The number of rotatable bonds is 3. The van der Waals surface area contributed by atoms with E-state index in [4.69, 9.17) is 10.5 Å². The number of carbonyl (C=O) groups is 2. The summed E-state index contributed by atoms with van der Waals surface area (Å²) in [4.78, 5) is 24.7. The second kappa shape index (κ2) is 6.19. The zero-order valence-corrected chi connectivity index (χ0v) is 10.6. The molecule has 0 saturated carbocycles. The van der Waals surface area contributed by atoms with Gasteiger partial charge in [0.1, 0.15) is 12.4 Å². The molecule has 3 N–H and O–H groups in total. The second-order valence-electron chi connectivity index (χ2n) is 4.25. The van der Waals surface area contributed by atoms with E-state index in [9.17, 15) is 9.59 Å². The molecular formula is C13H17N3O3. The fourth-order valence-electron chi connectivity index (χ4n) is 1.90. The zero-order valence-electron chi connectivity index (χ0n) is 10.6. The Balaban J connectivity index is 1.98. The first-order valence-corrected chi connectivity index (χ1v) is 6.16. The number of hydrogen-bond acceptors (Lipinski definition) is 4. The van der Waals surface area contributed by atoms with Crippen LogP contribution in [-0.2, 0) is 16.1 Å². The van der Waals surface area contributed by atoms with Crippen molar-refractivity contribution in [1.29, 1.82) is 0 Å². The van der Waals surface area contributed by atoms with Crippen molar-refractivity contribution in [1.82, 2.24) is 10.2 Å². The van der Waals surface area contributed by atoms with Crippen molar-refractivity contribution < 1.29 is 14.3 Å². The van der Waals surface area contributed by atoms with Crippen LogP contribution in [0.4, 0.5) is 0 Å². The van der Waals surface area contributed by atoms with Crippen LogP contribution in [-0.4, -0.2) is 43.0 Å². The predicted molar refractivity (Wildman–Crippen MR) is 69.4 cm³/mol. The van der Waals surface area contributed by atoms with Gasteiger partial charge in [0.15, 0.2) is 0 Å². The smallest absolute Gasteiger partial charge is 0.242 e. The third kappa shape index (κ3) is 3.45. The van der Waals surface area contributed by atoms with Crippen LogP contribution in [0.3, 0.4) is 0 Å². The topological polar surface area (TPSA) is 84.7 Å². The lowest BCUT2D eigenvalue weighted by molar-refractivity contribution is -0.133. The van der Waals surface area contributed by atoms with E-state index in [2.05, 4.69) is 5.32 Å². The van der Waals surface area contributed by atoms with Crippen molar-refractivity contribution in [3.8, 4) is 5.75 Å².